The smallest absolute Gasteiger partial charge is 0.228 e. The highest BCUT2D eigenvalue weighted by molar-refractivity contribution is 6.29. The number of aromatic nitrogens is 2. The van der Waals surface area contributed by atoms with Gasteiger partial charge in [-0.15, -0.1) is 0 Å². The second kappa shape index (κ2) is 10.9. The molecule has 7 nitrogen and oxygen atoms in total. The molecule has 9 heteroatoms. The van der Waals surface area contributed by atoms with Gasteiger partial charge in [0.2, 0.25) is 17.5 Å². The zero-order chi connectivity index (χ0) is 24.2. The Bertz CT molecular complexity index is 912. The molecular formula is C24H34ClFN4O3. The van der Waals surface area contributed by atoms with Gasteiger partial charge in [0.05, 0.1) is 0 Å². The zero-order valence-electron chi connectivity index (χ0n) is 19.7. The van der Waals surface area contributed by atoms with E-state index in [1.165, 1.54) is 6.07 Å². The topological polar surface area (TPSA) is 98.4 Å². The van der Waals surface area contributed by atoms with E-state index in [-0.39, 0.29) is 40.2 Å². The lowest BCUT2D eigenvalue weighted by atomic mass is 9.71. The van der Waals surface area contributed by atoms with Crippen LogP contribution in [0, 0.1) is 5.41 Å². The van der Waals surface area contributed by atoms with Crippen LogP contribution in [0.3, 0.4) is 0 Å². The summed E-state index contributed by atoms with van der Waals surface area (Å²) in [5, 5.41) is 0.102. The van der Waals surface area contributed by atoms with Crippen LogP contribution in [0.15, 0.2) is 17.3 Å². The van der Waals surface area contributed by atoms with Crippen LogP contribution in [0.2, 0.25) is 5.15 Å². The van der Waals surface area contributed by atoms with Crippen molar-refractivity contribution in [2.75, 3.05) is 13.6 Å². The Morgan fingerprint density at radius 3 is 2.88 bits per heavy atom. The maximum atomic E-state index is 13.8. The van der Waals surface area contributed by atoms with Crippen molar-refractivity contribution >= 4 is 23.7 Å². The van der Waals surface area contributed by atoms with Gasteiger partial charge in [-0.2, -0.15) is 4.98 Å². The zero-order valence-corrected chi connectivity index (χ0v) is 20.4. The minimum absolute atomic E-state index is 0.0454. The number of ketones is 1. The van der Waals surface area contributed by atoms with Crippen LogP contribution < -0.4 is 10.5 Å². The molecule has 182 valence electrons. The molecule has 4 atom stereocenters. The molecule has 1 aromatic rings. The summed E-state index contributed by atoms with van der Waals surface area (Å²) in [5.74, 6) is -0.197. The number of rotatable bonds is 10. The molecular weight excluding hydrogens is 447 g/mol. The molecule has 0 radical (unpaired) electrons. The number of halogens is 2. The predicted molar refractivity (Wildman–Crippen MR) is 125 cm³/mol. The number of unbranched alkanes of at least 4 members (excludes halogenated alkanes) is 2. The third kappa shape index (κ3) is 6.09. The summed E-state index contributed by atoms with van der Waals surface area (Å²) in [6.45, 7) is 4.30. The molecule has 3 rings (SSSR count). The lowest BCUT2D eigenvalue weighted by molar-refractivity contribution is -0.107. The SMILES string of the molecule is C[C@H](Oc1cc(Cl)nc(C(=O)C2=C(N)[C@](C)(CCCCC=O)CCC2)n1)[C@@H]1C[C@@H](F)CN1C. The van der Waals surface area contributed by atoms with Gasteiger partial charge in [0.1, 0.15) is 23.7 Å². The van der Waals surface area contributed by atoms with Crippen molar-refractivity contribution in [1.29, 1.82) is 0 Å². The van der Waals surface area contributed by atoms with Crippen LogP contribution >= 0.6 is 11.6 Å². The fraction of sp³-hybridized carbons (Fsp3) is 0.667. The highest BCUT2D eigenvalue weighted by Crippen LogP contribution is 2.42. The Morgan fingerprint density at radius 2 is 2.21 bits per heavy atom. The van der Waals surface area contributed by atoms with Gasteiger partial charge < -0.3 is 15.3 Å². The summed E-state index contributed by atoms with van der Waals surface area (Å²) in [6.07, 6.45) is 5.41. The van der Waals surface area contributed by atoms with Crippen molar-refractivity contribution in [3.05, 3.63) is 28.3 Å². The number of nitrogens with zero attached hydrogens (tertiary/aromatic N) is 3. The van der Waals surface area contributed by atoms with Gasteiger partial charge in [0.15, 0.2) is 0 Å². The molecule has 2 aliphatic rings. The summed E-state index contributed by atoms with van der Waals surface area (Å²) in [7, 11) is 1.86. The molecule has 2 N–H and O–H groups in total. The number of nitrogens with two attached hydrogens (primary N) is 1. The van der Waals surface area contributed by atoms with Gasteiger partial charge in [-0.1, -0.05) is 24.9 Å². The van der Waals surface area contributed by atoms with Crippen molar-refractivity contribution in [1.82, 2.24) is 14.9 Å². The molecule has 2 heterocycles. The number of carbonyl (C=O) groups excluding carboxylic acids is 2. The predicted octanol–water partition coefficient (Wildman–Crippen LogP) is 4.28. The molecule has 0 bridgehead atoms. The first-order chi connectivity index (χ1) is 15.6. The van der Waals surface area contributed by atoms with E-state index in [1.807, 2.05) is 18.9 Å². The first-order valence-electron chi connectivity index (χ1n) is 11.7. The summed E-state index contributed by atoms with van der Waals surface area (Å²) in [5.41, 5.74) is 7.31. The highest BCUT2D eigenvalue weighted by atomic mass is 35.5. The van der Waals surface area contributed by atoms with Crippen LogP contribution in [-0.4, -0.2) is 58.8 Å². The minimum Gasteiger partial charge on any atom is -0.473 e. The van der Waals surface area contributed by atoms with E-state index in [1.54, 1.807) is 0 Å². The average Bonchev–Trinajstić information content (AvgIpc) is 3.10. The number of hydrogen-bond donors (Lipinski definition) is 1. The number of hydrogen-bond acceptors (Lipinski definition) is 7. The molecule has 0 spiro atoms. The summed E-state index contributed by atoms with van der Waals surface area (Å²) < 4.78 is 19.7. The number of carbonyl (C=O) groups is 2. The van der Waals surface area contributed by atoms with Gasteiger partial charge in [-0.25, -0.2) is 9.37 Å². The van der Waals surface area contributed by atoms with Gasteiger partial charge in [0, 0.05) is 41.8 Å². The second-order valence-electron chi connectivity index (χ2n) is 9.56. The van der Waals surface area contributed by atoms with Gasteiger partial charge in [0.25, 0.3) is 0 Å². The molecule has 1 aromatic heterocycles. The largest absolute Gasteiger partial charge is 0.473 e. The number of likely N-dealkylation sites (tertiary alicyclic amines) is 1. The normalized spacial score (nSPS) is 26.9. The van der Waals surface area contributed by atoms with Crippen molar-refractivity contribution in [3.63, 3.8) is 0 Å². The lowest BCUT2D eigenvalue weighted by Crippen LogP contribution is -2.38. The maximum Gasteiger partial charge on any atom is 0.228 e. The third-order valence-electron chi connectivity index (χ3n) is 6.98. The standard InChI is InChI=1S/C24H34ClFN4O3/c1-15(18-12-16(26)14-30(18)3)33-20-13-19(25)28-23(29-20)21(32)17-8-7-10-24(2,22(17)27)9-5-4-6-11-31/h11,13,15-16,18H,4-10,12,14,27H2,1-3H3/t15-,16+,18-,24+/m0/s1. The van der Waals surface area contributed by atoms with E-state index in [0.717, 1.165) is 38.4 Å². The fourth-order valence-electron chi connectivity index (χ4n) is 5.00. The minimum atomic E-state index is -0.883. The molecule has 0 saturated carbocycles. The average molecular weight is 481 g/mol. The van der Waals surface area contributed by atoms with E-state index in [0.29, 0.717) is 37.1 Å². The molecule has 1 aliphatic heterocycles. The Kier molecular flexibility index (Phi) is 8.45. The van der Waals surface area contributed by atoms with Crippen LogP contribution in [0.4, 0.5) is 4.39 Å². The Labute approximate surface area is 199 Å². The summed E-state index contributed by atoms with van der Waals surface area (Å²) in [4.78, 5) is 34.3. The summed E-state index contributed by atoms with van der Waals surface area (Å²) in [6, 6.07) is 1.37. The number of allylic oxidation sites excluding steroid dienone is 2. The monoisotopic (exact) mass is 480 g/mol. The molecule has 0 unspecified atom stereocenters. The van der Waals surface area contributed by atoms with Crippen LogP contribution in [-0.2, 0) is 4.79 Å². The van der Waals surface area contributed by atoms with E-state index >= 15 is 0 Å². The molecule has 1 saturated heterocycles. The number of likely N-dealkylation sites (N-methyl/N-ethyl adjacent to an activating group) is 1. The van der Waals surface area contributed by atoms with E-state index in [9.17, 15) is 14.0 Å². The lowest BCUT2D eigenvalue weighted by Gasteiger charge is -2.36. The first kappa shape index (κ1) is 25.6. The highest BCUT2D eigenvalue weighted by Gasteiger charge is 2.36. The Hall–Kier alpha value is -2.06. The van der Waals surface area contributed by atoms with Gasteiger partial charge >= 0.3 is 0 Å². The van der Waals surface area contributed by atoms with E-state index < -0.39 is 6.17 Å². The first-order valence-corrected chi connectivity index (χ1v) is 12.1. The van der Waals surface area contributed by atoms with Crippen LogP contribution in [0.1, 0.15) is 75.8 Å². The van der Waals surface area contributed by atoms with E-state index in [4.69, 9.17) is 22.1 Å². The van der Waals surface area contributed by atoms with Crippen molar-refractivity contribution in [2.24, 2.45) is 11.1 Å². The second-order valence-corrected chi connectivity index (χ2v) is 9.95. The van der Waals surface area contributed by atoms with Gasteiger partial charge in [-0.3, -0.25) is 9.69 Å². The van der Waals surface area contributed by atoms with E-state index in [2.05, 4.69) is 16.9 Å². The quantitative estimate of drug-likeness (QED) is 0.231. The molecule has 1 aliphatic carbocycles. The third-order valence-corrected chi connectivity index (χ3v) is 7.17. The van der Waals surface area contributed by atoms with Crippen LogP contribution in [0.5, 0.6) is 5.88 Å². The molecule has 0 amide bonds. The number of Topliss-reactive ketones (excluding diaryl/α,β-unsaturated/α-hetero) is 1. The Morgan fingerprint density at radius 1 is 1.45 bits per heavy atom. The van der Waals surface area contributed by atoms with Crippen molar-refractivity contribution in [2.45, 2.75) is 83.5 Å². The van der Waals surface area contributed by atoms with Gasteiger partial charge in [-0.05, 0) is 52.5 Å². The van der Waals surface area contributed by atoms with Crippen LogP contribution in [0.25, 0.3) is 0 Å². The number of alkyl halides is 1. The summed E-state index contributed by atoms with van der Waals surface area (Å²) >= 11 is 6.19. The maximum absolute atomic E-state index is 13.8. The Balaban J connectivity index is 1.78. The molecule has 1 fully saturated rings. The number of aldehydes is 1. The molecule has 0 aromatic carbocycles. The molecule has 33 heavy (non-hydrogen) atoms. The number of ether oxygens (including phenoxy) is 1. The van der Waals surface area contributed by atoms with Crippen molar-refractivity contribution < 1.29 is 18.7 Å². The fourth-order valence-corrected chi connectivity index (χ4v) is 5.18. The van der Waals surface area contributed by atoms with Crippen molar-refractivity contribution in [3.8, 4) is 5.88 Å².